The van der Waals surface area contributed by atoms with E-state index in [0.717, 1.165) is 0 Å². The monoisotopic (exact) mass is 231 g/mol. The average molecular weight is 231 g/mol. The quantitative estimate of drug-likeness (QED) is 0.776. The van der Waals surface area contributed by atoms with E-state index in [0.29, 0.717) is 5.41 Å². The van der Waals surface area contributed by atoms with Crippen molar-refractivity contribution in [3.8, 4) is 0 Å². The number of anilines is 1. The van der Waals surface area contributed by atoms with Crippen LogP contribution in [0.5, 0.6) is 0 Å². The molecule has 1 aromatic rings. The van der Waals surface area contributed by atoms with Crippen LogP contribution >= 0.6 is 0 Å². The molecule has 0 radical (unpaired) electrons. The van der Waals surface area contributed by atoms with E-state index in [-0.39, 0.29) is 0 Å². The molecule has 3 rings (SSSR count). The molecule has 92 valence electrons. The Hall–Kier alpha value is -1.09. The highest BCUT2D eigenvalue weighted by Crippen LogP contribution is 2.40. The molecule has 0 unspecified atom stereocenters. The molecule has 0 aromatic carbocycles. The van der Waals surface area contributed by atoms with Gasteiger partial charge in [-0.3, -0.25) is 4.98 Å². The molecule has 3 heteroatoms. The zero-order valence-electron chi connectivity index (χ0n) is 10.6. The Morgan fingerprint density at radius 3 is 2.41 bits per heavy atom. The van der Waals surface area contributed by atoms with Crippen LogP contribution in [0.3, 0.4) is 0 Å². The molecule has 0 atom stereocenters. The fourth-order valence-corrected chi connectivity index (χ4v) is 3.24. The van der Waals surface area contributed by atoms with Crippen LogP contribution in [0, 0.1) is 5.41 Å². The van der Waals surface area contributed by atoms with Gasteiger partial charge in [-0.1, -0.05) is 6.92 Å². The molecule has 2 saturated heterocycles. The van der Waals surface area contributed by atoms with Gasteiger partial charge in [-0.05, 0) is 36.9 Å². The molecule has 2 aliphatic heterocycles. The van der Waals surface area contributed by atoms with Crippen molar-refractivity contribution < 1.29 is 0 Å². The van der Waals surface area contributed by atoms with Gasteiger partial charge >= 0.3 is 0 Å². The third-order valence-electron chi connectivity index (χ3n) is 4.42. The van der Waals surface area contributed by atoms with E-state index in [1.165, 1.54) is 51.3 Å². The summed E-state index contributed by atoms with van der Waals surface area (Å²) in [4.78, 5) is 9.14. The predicted octanol–water partition coefficient (Wildman–Crippen LogP) is 2.00. The summed E-state index contributed by atoms with van der Waals surface area (Å²) < 4.78 is 0. The highest BCUT2D eigenvalue weighted by atomic mass is 15.2. The van der Waals surface area contributed by atoms with E-state index in [4.69, 9.17) is 0 Å². The zero-order chi connectivity index (χ0) is 11.7. The summed E-state index contributed by atoms with van der Waals surface area (Å²) in [6.45, 7) is 8.55. The molecule has 0 bridgehead atoms. The predicted molar refractivity (Wildman–Crippen MR) is 70.2 cm³/mol. The van der Waals surface area contributed by atoms with Gasteiger partial charge < -0.3 is 9.80 Å². The lowest BCUT2D eigenvalue weighted by atomic mass is 9.72. The third kappa shape index (κ3) is 2.04. The number of rotatable bonds is 2. The summed E-state index contributed by atoms with van der Waals surface area (Å²) >= 11 is 0. The number of aromatic nitrogens is 1. The van der Waals surface area contributed by atoms with Crippen LogP contribution in [-0.2, 0) is 0 Å². The van der Waals surface area contributed by atoms with Crippen molar-refractivity contribution in [1.29, 1.82) is 0 Å². The smallest absolute Gasteiger partial charge is 0.0397 e. The van der Waals surface area contributed by atoms with Crippen LogP contribution in [0.1, 0.15) is 19.8 Å². The number of likely N-dealkylation sites (tertiary alicyclic amines) is 1. The summed E-state index contributed by atoms with van der Waals surface area (Å²) in [5.41, 5.74) is 1.99. The molecule has 0 N–H and O–H groups in total. The largest absolute Gasteiger partial charge is 0.371 e. The molecule has 3 heterocycles. The van der Waals surface area contributed by atoms with Crippen molar-refractivity contribution in [2.24, 2.45) is 5.41 Å². The van der Waals surface area contributed by atoms with Gasteiger partial charge in [0.05, 0.1) is 0 Å². The van der Waals surface area contributed by atoms with Crippen LogP contribution in [0.25, 0.3) is 0 Å². The van der Waals surface area contributed by atoms with E-state index >= 15 is 0 Å². The maximum absolute atomic E-state index is 4.08. The van der Waals surface area contributed by atoms with E-state index in [1.54, 1.807) is 0 Å². The van der Waals surface area contributed by atoms with E-state index in [1.807, 2.05) is 12.4 Å². The van der Waals surface area contributed by atoms with Crippen LogP contribution in [0.4, 0.5) is 5.69 Å². The summed E-state index contributed by atoms with van der Waals surface area (Å²) in [7, 11) is 0. The third-order valence-corrected chi connectivity index (χ3v) is 4.42. The standard InChI is InChI=1S/C14H21N3/c1-2-16-11-14(12-16)5-9-17(10-6-14)13-3-7-15-8-4-13/h3-4,7-8H,2,5-6,9-12H2,1H3. The maximum Gasteiger partial charge on any atom is 0.0397 e. The molecule has 0 amide bonds. The number of hydrogen-bond donors (Lipinski definition) is 0. The Labute approximate surface area is 103 Å². The Bertz CT molecular complexity index is 360. The molecule has 2 fully saturated rings. The van der Waals surface area contributed by atoms with Crippen molar-refractivity contribution in [3.63, 3.8) is 0 Å². The second-order valence-electron chi connectivity index (χ2n) is 5.50. The van der Waals surface area contributed by atoms with Crippen molar-refractivity contribution in [2.45, 2.75) is 19.8 Å². The summed E-state index contributed by atoms with van der Waals surface area (Å²) in [5.74, 6) is 0. The van der Waals surface area contributed by atoms with E-state index in [2.05, 4.69) is 33.8 Å². The van der Waals surface area contributed by atoms with Gasteiger partial charge in [0.1, 0.15) is 0 Å². The van der Waals surface area contributed by atoms with Crippen LogP contribution in [-0.4, -0.2) is 42.6 Å². The molecule has 2 aliphatic rings. The van der Waals surface area contributed by atoms with Crippen molar-refractivity contribution in [3.05, 3.63) is 24.5 Å². The lowest BCUT2D eigenvalue weighted by Crippen LogP contribution is -2.60. The normalized spacial score (nSPS) is 23.7. The van der Waals surface area contributed by atoms with Gasteiger partial charge in [0.2, 0.25) is 0 Å². The molecule has 0 aliphatic carbocycles. The number of hydrogen-bond acceptors (Lipinski definition) is 3. The van der Waals surface area contributed by atoms with Gasteiger partial charge in [-0.15, -0.1) is 0 Å². The van der Waals surface area contributed by atoms with Crippen LogP contribution in [0.2, 0.25) is 0 Å². The zero-order valence-corrected chi connectivity index (χ0v) is 10.6. The first-order valence-corrected chi connectivity index (χ1v) is 6.69. The van der Waals surface area contributed by atoms with Gasteiger partial charge in [0.15, 0.2) is 0 Å². The molecule has 3 nitrogen and oxygen atoms in total. The van der Waals surface area contributed by atoms with E-state index < -0.39 is 0 Å². The molecule has 17 heavy (non-hydrogen) atoms. The van der Waals surface area contributed by atoms with E-state index in [9.17, 15) is 0 Å². The minimum Gasteiger partial charge on any atom is -0.371 e. The van der Waals surface area contributed by atoms with Crippen LogP contribution < -0.4 is 4.90 Å². The second-order valence-corrected chi connectivity index (χ2v) is 5.50. The SMILES string of the molecule is CCN1CC2(CCN(c3ccncc3)CC2)C1. The maximum atomic E-state index is 4.08. The number of pyridine rings is 1. The molecule has 1 aromatic heterocycles. The van der Waals surface area contributed by atoms with Gasteiger partial charge in [-0.2, -0.15) is 0 Å². The average Bonchev–Trinajstić information content (AvgIpc) is 2.37. The lowest BCUT2D eigenvalue weighted by Gasteiger charge is -2.54. The Kier molecular flexibility index (Phi) is 2.79. The molecular formula is C14H21N3. The number of nitrogens with zero attached hydrogens (tertiary/aromatic N) is 3. The topological polar surface area (TPSA) is 19.4 Å². The van der Waals surface area contributed by atoms with Crippen LogP contribution in [0.15, 0.2) is 24.5 Å². The first-order valence-electron chi connectivity index (χ1n) is 6.69. The lowest BCUT2D eigenvalue weighted by molar-refractivity contribution is -0.0143. The van der Waals surface area contributed by atoms with Crippen molar-refractivity contribution >= 4 is 5.69 Å². The van der Waals surface area contributed by atoms with Gasteiger partial charge in [-0.25, -0.2) is 0 Å². The Morgan fingerprint density at radius 1 is 1.18 bits per heavy atom. The van der Waals surface area contributed by atoms with Gasteiger partial charge in [0.25, 0.3) is 0 Å². The minimum atomic E-state index is 0.652. The molecule has 1 spiro atoms. The minimum absolute atomic E-state index is 0.652. The molecular weight excluding hydrogens is 210 g/mol. The molecule has 0 saturated carbocycles. The fraction of sp³-hybridized carbons (Fsp3) is 0.643. The first kappa shape index (κ1) is 11.0. The summed E-state index contributed by atoms with van der Waals surface area (Å²) in [6.07, 6.45) is 6.49. The summed E-state index contributed by atoms with van der Waals surface area (Å²) in [6, 6.07) is 4.24. The van der Waals surface area contributed by atoms with Gasteiger partial charge in [0, 0.05) is 44.3 Å². The van der Waals surface area contributed by atoms with Crippen molar-refractivity contribution in [1.82, 2.24) is 9.88 Å². The fourth-order valence-electron chi connectivity index (χ4n) is 3.24. The second kappa shape index (κ2) is 4.30. The summed E-state index contributed by atoms with van der Waals surface area (Å²) in [5, 5.41) is 0. The highest BCUT2D eigenvalue weighted by Gasteiger charge is 2.43. The Balaban J connectivity index is 1.58. The highest BCUT2D eigenvalue weighted by molar-refractivity contribution is 5.45. The van der Waals surface area contributed by atoms with Crippen molar-refractivity contribution in [2.75, 3.05) is 37.6 Å². The first-order chi connectivity index (χ1) is 8.31. The Morgan fingerprint density at radius 2 is 1.82 bits per heavy atom. The number of piperidine rings is 1.